The van der Waals surface area contributed by atoms with Gasteiger partial charge < -0.3 is 5.32 Å². The third kappa shape index (κ3) is 4.08. The summed E-state index contributed by atoms with van der Waals surface area (Å²) in [7, 11) is 0. The summed E-state index contributed by atoms with van der Waals surface area (Å²) in [5.41, 5.74) is 2.63. The normalized spacial score (nSPS) is 16.2. The van der Waals surface area contributed by atoms with Gasteiger partial charge in [-0.2, -0.15) is 0 Å². The van der Waals surface area contributed by atoms with E-state index in [4.69, 9.17) is 17.2 Å². The molecule has 0 unspecified atom stereocenters. The summed E-state index contributed by atoms with van der Waals surface area (Å²) in [6.45, 7) is 6.58. The molecule has 1 aliphatic rings. The van der Waals surface area contributed by atoms with Crippen LogP contribution < -0.4 is 10.9 Å². The zero-order valence-corrected chi connectivity index (χ0v) is 19.8. The summed E-state index contributed by atoms with van der Waals surface area (Å²) in [5.74, 6) is 0.277. The van der Waals surface area contributed by atoms with E-state index in [1.807, 2.05) is 63.2 Å². The molecule has 1 fully saturated rings. The van der Waals surface area contributed by atoms with Crippen LogP contribution in [0.2, 0.25) is 0 Å². The molecule has 3 heterocycles. The number of fused-ring (bicyclic) bond motifs is 1. The van der Waals surface area contributed by atoms with Crippen molar-refractivity contribution in [3.05, 3.63) is 80.6 Å². The number of anilines is 1. The lowest BCUT2D eigenvalue weighted by molar-refractivity contribution is -0.123. The standard InChI is InChI=1S/C24H24N4O2S2/c1-4-12-25-20-18(22(29)27-13-8-9-15(2)21(27)26-20)14-19-23(30)28(24(31)32-19)16(3)17-10-6-5-7-11-17/h5-11,13-14,16,25H,4,12H2,1-3H3/b19-14+/t16-/m0/s1. The van der Waals surface area contributed by atoms with Gasteiger partial charge in [0.15, 0.2) is 0 Å². The number of carbonyl (C=O) groups excluding carboxylic acids is 1. The number of rotatable bonds is 6. The van der Waals surface area contributed by atoms with E-state index in [0.29, 0.717) is 32.8 Å². The summed E-state index contributed by atoms with van der Waals surface area (Å²) in [5, 5.41) is 3.25. The molecule has 1 atom stereocenters. The molecule has 164 valence electrons. The summed E-state index contributed by atoms with van der Waals surface area (Å²) < 4.78 is 2.00. The van der Waals surface area contributed by atoms with Gasteiger partial charge >= 0.3 is 0 Å². The number of nitrogens with zero attached hydrogens (tertiary/aromatic N) is 3. The number of hydrogen-bond donors (Lipinski definition) is 1. The minimum atomic E-state index is -0.223. The molecule has 1 N–H and O–H groups in total. The highest BCUT2D eigenvalue weighted by Gasteiger charge is 2.36. The van der Waals surface area contributed by atoms with E-state index < -0.39 is 0 Å². The third-order valence-corrected chi connectivity index (χ3v) is 6.73. The minimum Gasteiger partial charge on any atom is -0.369 e. The quantitative estimate of drug-likeness (QED) is 0.418. The number of aryl methyl sites for hydroxylation is 1. The SMILES string of the molecule is CCCNc1nc2c(C)cccn2c(=O)c1/C=C1/SC(=S)N([C@@H](C)c2ccccc2)C1=O. The first-order valence-electron chi connectivity index (χ1n) is 10.5. The highest BCUT2D eigenvalue weighted by Crippen LogP contribution is 2.38. The van der Waals surface area contributed by atoms with Gasteiger partial charge in [-0.05, 0) is 43.5 Å². The van der Waals surface area contributed by atoms with Gasteiger partial charge in [0, 0.05) is 12.7 Å². The summed E-state index contributed by atoms with van der Waals surface area (Å²) >= 11 is 6.74. The first-order valence-corrected chi connectivity index (χ1v) is 11.7. The number of thiocarbonyl (C=S) groups is 1. The van der Waals surface area contributed by atoms with E-state index in [1.165, 1.54) is 16.2 Å². The summed E-state index contributed by atoms with van der Waals surface area (Å²) in [6, 6.07) is 13.3. The van der Waals surface area contributed by atoms with Crippen LogP contribution in [0.3, 0.4) is 0 Å². The molecule has 6 nitrogen and oxygen atoms in total. The smallest absolute Gasteiger partial charge is 0.267 e. The van der Waals surface area contributed by atoms with Crippen molar-refractivity contribution in [3.8, 4) is 0 Å². The Kier molecular flexibility index (Phi) is 6.43. The van der Waals surface area contributed by atoms with E-state index in [1.54, 1.807) is 17.2 Å². The Hall–Kier alpha value is -2.97. The van der Waals surface area contributed by atoms with Crippen molar-refractivity contribution in [2.75, 3.05) is 11.9 Å². The molecule has 1 aromatic carbocycles. The van der Waals surface area contributed by atoms with Crippen LogP contribution >= 0.6 is 24.0 Å². The lowest BCUT2D eigenvalue weighted by Crippen LogP contribution is -2.31. The Bertz CT molecular complexity index is 1280. The van der Waals surface area contributed by atoms with Crippen molar-refractivity contribution < 1.29 is 4.79 Å². The van der Waals surface area contributed by atoms with Crippen LogP contribution in [0.1, 0.15) is 43.0 Å². The molecule has 4 rings (SSSR count). The van der Waals surface area contributed by atoms with Gasteiger partial charge in [-0.25, -0.2) is 4.98 Å². The van der Waals surface area contributed by atoms with Crippen LogP contribution in [0.15, 0.2) is 58.4 Å². The molecule has 0 spiro atoms. The molecule has 0 aliphatic carbocycles. The number of amides is 1. The molecule has 0 saturated carbocycles. The number of aromatic nitrogens is 2. The Labute approximate surface area is 196 Å². The van der Waals surface area contributed by atoms with E-state index in [-0.39, 0.29) is 17.5 Å². The first-order chi connectivity index (χ1) is 15.4. The fourth-order valence-corrected chi connectivity index (χ4v) is 5.05. The van der Waals surface area contributed by atoms with E-state index in [9.17, 15) is 9.59 Å². The van der Waals surface area contributed by atoms with Crippen molar-refractivity contribution in [2.45, 2.75) is 33.2 Å². The van der Waals surface area contributed by atoms with Crippen LogP contribution in [0, 0.1) is 6.92 Å². The molecule has 1 saturated heterocycles. The van der Waals surface area contributed by atoms with Gasteiger partial charge in [0.1, 0.15) is 15.8 Å². The van der Waals surface area contributed by atoms with Crippen LogP contribution in [-0.2, 0) is 4.79 Å². The largest absolute Gasteiger partial charge is 0.369 e. The average molecular weight is 465 g/mol. The van der Waals surface area contributed by atoms with Crippen LogP contribution in [-0.4, -0.2) is 31.1 Å². The fourth-order valence-electron chi connectivity index (χ4n) is 3.65. The van der Waals surface area contributed by atoms with Crippen LogP contribution in [0.4, 0.5) is 5.82 Å². The van der Waals surface area contributed by atoms with Crippen molar-refractivity contribution in [1.82, 2.24) is 14.3 Å². The molecule has 32 heavy (non-hydrogen) atoms. The number of hydrogen-bond acceptors (Lipinski definition) is 6. The van der Waals surface area contributed by atoms with Gasteiger partial charge in [-0.15, -0.1) is 0 Å². The summed E-state index contributed by atoms with van der Waals surface area (Å²) in [6.07, 6.45) is 4.20. The topological polar surface area (TPSA) is 66.7 Å². The van der Waals surface area contributed by atoms with Crippen LogP contribution in [0.5, 0.6) is 0 Å². The third-order valence-electron chi connectivity index (χ3n) is 5.39. The first kappa shape index (κ1) is 22.2. The van der Waals surface area contributed by atoms with Crippen molar-refractivity contribution in [1.29, 1.82) is 0 Å². The van der Waals surface area contributed by atoms with Crippen molar-refractivity contribution in [3.63, 3.8) is 0 Å². The molecular weight excluding hydrogens is 440 g/mol. The van der Waals surface area contributed by atoms with Gasteiger partial charge in [-0.1, -0.05) is 67.3 Å². The molecule has 8 heteroatoms. The Morgan fingerprint density at radius 2 is 1.94 bits per heavy atom. The van der Waals surface area contributed by atoms with Crippen molar-refractivity contribution in [2.24, 2.45) is 0 Å². The Balaban J connectivity index is 1.78. The molecular formula is C24H24N4O2S2. The number of thioether (sulfide) groups is 1. The van der Waals surface area contributed by atoms with Gasteiger partial charge in [0.05, 0.1) is 16.5 Å². The average Bonchev–Trinajstić information content (AvgIpc) is 3.08. The summed E-state index contributed by atoms with van der Waals surface area (Å²) in [4.78, 5) is 33.4. The lowest BCUT2D eigenvalue weighted by Gasteiger charge is -2.23. The molecule has 0 radical (unpaired) electrons. The van der Waals surface area contributed by atoms with Gasteiger partial charge in [0.25, 0.3) is 11.5 Å². The second-order valence-corrected chi connectivity index (χ2v) is 9.30. The van der Waals surface area contributed by atoms with Crippen LogP contribution in [0.25, 0.3) is 11.7 Å². The number of pyridine rings is 1. The Morgan fingerprint density at radius 3 is 2.66 bits per heavy atom. The monoisotopic (exact) mass is 464 g/mol. The van der Waals surface area contributed by atoms with Crippen molar-refractivity contribution >= 4 is 51.7 Å². The van der Waals surface area contributed by atoms with E-state index in [2.05, 4.69) is 5.32 Å². The predicted octanol–water partition coefficient (Wildman–Crippen LogP) is 4.79. The second kappa shape index (κ2) is 9.26. The maximum absolute atomic E-state index is 13.3. The maximum atomic E-state index is 13.3. The van der Waals surface area contributed by atoms with Gasteiger partial charge in [0.2, 0.25) is 0 Å². The zero-order chi connectivity index (χ0) is 22.8. The second-order valence-electron chi connectivity index (χ2n) is 7.63. The number of carbonyl (C=O) groups is 1. The highest BCUT2D eigenvalue weighted by atomic mass is 32.2. The Morgan fingerprint density at radius 1 is 1.19 bits per heavy atom. The fraction of sp³-hybridized carbons (Fsp3) is 0.250. The van der Waals surface area contributed by atoms with Gasteiger partial charge in [-0.3, -0.25) is 18.9 Å². The van der Waals surface area contributed by atoms with E-state index in [0.717, 1.165) is 17.5 Å². The number of nitrogens with one attached hydrogen (secondary N) is 1. The minimum absolute atomic E-state index is 0.202. The molecule has 0 bridgehead atoms. The molecule has 3 aromatic rings. The molecule has 2 aromatic heterocycles. The highest BCUT2D eigenvalue weighted by molar-refractivity contribution is 8.26. The lowest BCUT2D eigenvalue weighted by atomic mass is 10.1. The van der Waals surface area contributed by atoms with E-state index >= 15 is 0 Å². The number of benzene rings is 1. The molecule has 1 aliphatic heterocycles. The maximum Gasteiger partial charge on any atom is 0.267 e. The predicted molar refractivity (Wildman–Crippen MR) is 135 cm³/mol. The molecule has 1 amide bonds. The zero-order valence-electron chi connectivity index (χ0n) is 18.2.